The molecule has 0 unspecified atom stereocenters. The van der Waals surface area contributed by atoms with Crippen molar-refractivity contribution in [1.29, 1.82) is 0 Å². The Balaban J connectivity index is 0.000000167. The monoisotopic (exact) mass is 708 g/mol. The van der Waals surface area contributed by atoms with Gasteiger partial charge in [-0.3, -0.25) is 19.2 Å². The van der Waals surface area contributed by atoms with Crippen LogP contribution in [0.15, 0.2) is 170 Å². The smallest absolute Gasteiger partial charge is 0.166 e. The summed E-state index contributed by atoms with van der Waals surface area (Å²) in [6.07, 6.45) is 3.21. The van der Waals surface area contributed by atoms with Gasteiger partial charge in [-0.1, -0.05) is 121 Å². The molecule has 0 aliphatic heterocycles. The first-order valence-corrected chi connectivity index (χ1v) is 17.4. The number of aromatic amines is 4. The fourth-order valence-electron chi connectivity index (χ4n) is 7.42. The second kappa shape index (κ2) is 15.5. The van der Waals surface area contributed by atoms with E-state index in [4.69, 9.17) is 0 Å². The fraction of sp³-hybridized carbons (Fsp3) is 0.0435. The van der Waals surface area contributed by atoms with Crippen molar-refractivity contribution in [3.8, 4) is 0 Å². The maximum atomic E-state index is 11.3. The number of aldehydes is 4. The number of nitrogens with one attached hydrogen (secondary N) is 4. The van der Waals surface area contributed by atoms with Gasteiger partial charge in [0.05, 0.1) is 22.8 Å². The third-order valence-corrected chi connectivity index (χ3v) is 9.79. The minimum Gasteiger partial charge on any atom is -0.355 e. The Bertz CT molecular complexity index is 2120. The molecule has 0 saturated heterocycles. The van der Waals surface area contributed by atoms with Gasteiger partial charge in [0.15, 0.2) is 25.1 Å². The minimum absolute atomic E-state index is 0.503. The number of hydrogen-bond donors (Lipinski definition) is 4. The number of rotatable bonds is 12. The predicted octanol–water partition coefficient (Wildman–Crippen LogP) is 8.70. The number of carbonyl (C=O) groups is 4. The lowest BCUT2D eigenvalue weighted by Gasteiger charge is -2.34. The van der Waals surface area contributed by atoms with Crippen molar-refractivity contribution >= 4 is 25.1 Å². The highest BCUT2D eigenvalue weighted by Crippen LogP contribution is 2.45. The maximum absolute atomic E-state index is 11.3. The second-order valence-electron chi connectivity index (χ2n) is 12.7. The van der Waals surface area contributed by atoms with Crippen LogP contribution < -0.4 is 0 Å². The summed E-state index contributed by atoms with van der Waals surface area (Å²) in [7, 11) is 0. The standard InChI is InChI=1S/2C23H18N2O2/c2*26-15-19-11-13-21(24-19)23(17-7-3-1-4-8-17,18-9-5-2-6-10-18)22-14-12-20(16-27)25-22/h2*1-16,24-25H. The average Bonchev–Trinajstić information content (AvgIpc) is 4.09. The van der Waals surface area contributed by atoms with Gasteiger partial charge in [0, 0.05) is 22.8 Å². The molecule has 0 radical (unpaired) electrons. The molecule has 0 bridgehead atoms. The molecule has 4 aromatic heterocycles. The van der Waals surface area contributed by atoms with E-state index in [1.165, 1.54) is 0 Å². The van der Waals surface area contributed by atoms with Gasteiger partial charge in [0.25, 0.3) is 0 Å². The molecule has 0 spiro atoms. The van der Waals surface area contributed by atoms with Crippen LogP contribution in [0, 0.1) is 0 Å². The van der Waals surface area contributed by atoms with E-state index >= 15 is 0 Å². The zero-order chi connectivity index (χ0) is 37.4. The summed E-state index contributed by atoms with van der Waals surface area (Å²) in [5.74, 6) is 0. The van der Waals surface area contributed by atoms with Gasteiger partial charge in [0.1, 0.15) is 10.8 Å². The molecule has 0 atom stereocenters. The third-order valence-electron chi connectivity index (χ3n) is 9.79. The normalized spacial score (nSPS) is 11.3. The quantitative estimate of drug-likeness (QED) is 0.0946. The highest BCUT2D eigenvalue weighted by atomic mass is 16.1. The molecule has 8 nitrogen and oxygen atoms in total. The van der Waals surface area contributed by atoms with Gasteiger partial charge in [-0.05, 0) is 70.8 Å². The topological polar surface area (TPSA) is 131 Å². The first-order valence-electron chi connectivity index (χ1n) is 17.4. The molecule has 0 amide bonds. The van der Waals surface area contributed by atoms with Crippen molar-refractivity contribution in [2.75, 3.05) is 0 Å². The van der Waals surface area contributed by atoms with Gasteiger partial charge >= 0.3 is 0 Å². The summed E-state index contributed by atoms with van der Waals surface area (Å²) in [5.41, 5.74) is 8.06. The number of carbonyl (C=O) groups excluding carboxylic acids is 4. The lowest BCUT2D eigenvalue weighted by molar-refractivity contribution is 0.111. The average molecular weight is 709 g/mol. The van der Waals surface area contributed by atoms with Gasteiger partial charge in [0.2, 0.25) is 0 Å². The molecule has 8 heteroatoms. The van der Waals surface area contributed by atoms with Crippen LogP contribution >= 0.6 is 0 Å². The Morgan fingerprint density at radius 2 is 0.481 bits per heavy atom. The third kappa shape index (κ3) is 6.26. The SMILES string of the molecule is O=Cc1ccc(C(c2ccccc2)(c2ccccc2)c2ccc(C=O)[nH]2)[nH]1.O=Cc1ccc(C(c2ccccc2)(c2ccccc2)c2ccc(C=O)[nH]2)[nH]1. The molecule has 4 aromatic carbocycles. The molecule has 0 fully saturated rings. The summed E-state index contributed by atoms with van der Waals surface area (Å²) >= 11 is 0. The van der Waals surface area contributed by atoms with E-state index in [9.17, 15) is 19.2 Å². The number of aromatic nitrogens is 4. The van der Waals surface area contributed by atoms with Crippen molar-refractivity contribution in [3.05, 3.63) is 238 Å². The summed E-state index contributed by atoms with van der Waals surface area (Å²) in [5, 5.41) is 0. The summed E-state index contributed by atoms with van der Waals surface area (Å²) in [4.78, 5) is 58.3. The Labute approximate surface area is 312 Å². The van der Waals surface area contributed by atoms with Gasteiger partial charge in [-0.25, -0.2) is 0 Å². The van der Waals surface area contributed by atoms with Crippen molar-refractivity contribution in [2.24, 2.45) is 0 Å². The lowest BCUT2D eigenvalue weighted by Crippen LogP contribution is -2.32. The zero-order valence-electron chi connectivity index (χ0n) is 29.1. The molecule has 4 heterocycles. The van der Waals surface area contributed by atoms with E-state index < -0.39 is 10.8 Å². The number of H-pyrrole nitrogens is 4. The van der Waals surface area contributed by atoms with E-state index in [1.807, 2.05) is 97.1 Å². The van der Waals surface area contributed by atoms with Crippen LogP contribution in [0.2, 0.25) is 0 Å². The maximum Gasteiger partial charge on any atom is 0.166 e. The van der Waals surface area contributed by atoms with Crippen molar-refractivity contribution in [2.45, 2.75) is 10.8 Å². The van der Waals surface area contributed by atoms with E-state index in [-0.39, 0.29) is 0 Å². The summed E-state index contributed by atoms with van der Waals surface area (Å²) in [6, 6.07) is 54.9. The van der Waals surface area contributed by atoms with E-state index in [1.54, 1.807) is 24.3 Å². The van der Waals surface area contributed by atoms with E-state index in [0.29, 0.717) is 22.8 Å². The molecular weight excluding hydrogens is 673 g/mol. The van der Waals surface area contributed by atoms with Crippen LogP contribution in [0.1, 0.15) is 87.0 Å². The largest absolute Gasteiger partial charge is 0.355 e. The Hall–Kier alpha value is -7.32. The van der Waals surface area contributed by atoms with Gasteiger partial charge in [-0.2, -0.15) is 0 Å². The zero-order valence-corrected chi connectivity index (χ0v) is 29.1. The Morgan fingerprint density at radius 1 is 0.278 bits per heavy atom. The minimum atomic E-state index is -0.717. The first kappa shape index (κ1) is 35.1. The predicted molar refractivity (Wildman–Crippen MR) is 208 cm³/mol. The summed E-state index contributed by atoms with van der Waals surface area (Å²) < 4.78 is 0. The van der Waals surface area contributed by atoms with Crippen LogP contribution in [0.4, 0.5) is 0 Å². The second-order valence-corrected chi connectivity index (χ2v) is 12.7. The summed E-state index contributed by atoms with van der Waals surface area (Å²) in [6.45, 7) is 0. The molecule has 8 aromatic rings. The highest BCUT2D eigenvalue weighted by Gasteiger charge is 2.42. The van der Waals surface area contributed by atoms with Crippen molar-refractivity contribution < 1.29 is 19.2 Å². The molecule has 0 saturated carbocycles. The van der Waals surface area contributed by atoms with E-state index in [2.05, 4.69) is 68.5 Å². The fourth-order valence-corrected chi connectivity index (χ4v) is 7.42. The van der Waals surface area contributed by atoms with Crippen LogP contribution in [0.25, 0.3) is 0 Å². The molecule has 264 valence electrons. The van der Waals surface area contributed by atoms with Crippen LogP contribution in [0.5, 0.6) is 0 Å². The van der Waals surface area contributed by atoms with Gasteiger partial charge in [-0.15, -0.1) is 0 Å². The highest BCUT2D eigenvalue weighted by molar-refractivity contribution is 5.76. The molecule has 8 rings (SSSR count). The lowest BCUT2D eigenvalue weighted by atomic mass is 9.69. The number of hydrogen-bond acceptors (Lipinski definition) is 4. The Kier molecular flexibility index (Phi) is 10.1. The molecule has 54 heavy (non-hydrogen) atoms. The van der Waals surface area contributed by atoms with Crippen LogP contribution in [0.3, 0.4) is 0 Å². The number of benzene rings is 4. The molecular formula is C46H36N4O4. The van der Waals surface area contributed by atoms with Crippen LogP contribution in [-0.4, -0.2) is 45.1 Å². The Morgan fingerprint density at radius 3 is 0.648 bits per heavy atom. The van der Waals surface area contributed by atoms with Crippen molar-refractivity contribution in [3.63, 3.8) is 0 Å². The molecule has 0 aliphatic rings. The molecule has 4 N–H and O–H groups in total. The van der Waals surface area contributed by atoms with E-state index in [0.717, 1.165) is 70.2 Å². The molecule has 0 aliphatic carbocycles. The van der Waals surface area contributed by atoms with Crippen LogP contribution in [-0.2, 0) is 10.8 Å². The van der Waals surface area contributed by atoms with Crippen molar-refractivity contribution in [1.82, 2.24) is 19.9 Å². The van der Waals surface area contributed by atoms with Gasteiger partial charge < -0.3 is 19.9 Å². The first-order chi connectivity index (χ1) is 26.6.